The second-order valence-electron chi connectivity index (χ2n) is 7.69. The largest absolute Gasteiger partial charge is 0.356 e. The molecule has 1 aliphatic heterocycles. The summed E-state index contributed by atoms with van der Waals surface area (Å²) in [5.74, 6) is 3.26. The normalized spacial score (nSPS) is 22.4. The van der Waals surface area contributed by atoms with Crippen molar-refractivity contribution in [3.8, 4) is 0 Å². The fourth-order valence-corrected chi connectivity index (χ4v) is 4.54. The fraction of sp³-hybridized carbons (Fsp3) is 0.300. The Balaban J connectivity index is 1.16. The predicted octanol–water partition coefficient (Wildman–Crippen LogP) is 2.12. The minimum Gasteiger partial charge on any atom is -0.356 e. The van der Waals surface area contributed by atoms with Crippen LogP contribution in [0.15, 0.2) is 52.3 Å². The van der Waals surface area contributed by atoms with Crippen molar-refractivity contribution < 1.29 is 4.52 Å². The summed E-state index contributed by atoms with van der Waals surface area (Å²) in [4.78, 5) is 32.1. The molecule has 5 heterocycles. The van der Waals surface area contributed by atoms with Crippen molar-refractivity contribution in [2.45, 2.75) is 12.5 Å². The molecule has 0 spiro atoms. The molecule has 2 fully saturated rings. The van der Waals surface area contributed by atoms with Crippen molar-refractivity contribution in [2.24, 2.45) is 11.8 Å². The number of pyridine rings is 2. The number of piperidine rings is 1. The maximum atomic E-state index is 12.6. The van der Waals surface area contributed by atoms with Crippen molar-refractivity contribution in [3.05, 3.63) is 70.1 Å². The molecule has 150 valence electrons. The molecule has 4 aromatic heterocycles. The van der Waals surface area contributed by atoms with Gasteiger partial charge in [-0.15, -0.1) is 0 Å². The zero-order chi connectivity index (χ0) is 20.2. The van der Waals surface area contributed by atoms with Gasteiger partial charge in [0.25, 0.3) is 5.56 Å². The molecular formula is C20H16ClN7O2. The van der Waals surface area contributed by atoms with Crippen LogP contribution in [0.1, 0.15) is 17.6 Å². The van der Waals surface area contributed by atoms with Gasteiger partial charge in [0.05, 0.1) is 5.39 Å². The molecule has 1 aliphatic carbocycles. The Morgan fingerprint density at radius 1 is 1.13 bits per heavy atom. The molecule has 0 N–H and O–H groups in total. The first-order valence-electron chi connectivity index (χ1n) is 9.66. The van der Waals surface area contributed by atoms with E-state index < -0.39 is 0 Å². The van der Waals surface area contributed by atoms with Gasteiger partial charge in [-0.2, -0.15) is 4.98 Å². The minimum absolute atomic E-state index is 0.180. The molecule has 4 aromatic rings. The van der Waals surface area contributed by atoms with E-state index >= 15 is 0 Å². The minimum atomic E-state index is -0.180. The maximum absolute atomic E-state index is 12.6. The quantitative estimate of drug-likeness (QED) is 0.493. The first-order chi connectivity index (χ1) is 14.7. The van der Waals surface area contributed by atoms with Gasteiger partial charge in [0.15, 0.2) is 11.5 Å². The van der Waals surface area contributed by atoms with Crippen LogP contribution in [-0.2, 0) is 6.54 Å². The SMILES string of the molecule is O=c1c2cccnc2ncn1Cc1nc(C2C3CN(c4cc(Cl)ccn4)CC32)no1. The number of anilines is 1. The lowest BCUT2D eigenvalue weighted by Crippen LogP contribution is -2.24. The standard InChI is InChI=1S/C20H16ClN7O2/c21-11-3-5-22-15(6-11)27-7-13-14(8-27)17(13)19-25-16(30-26-19)9-28-10-24-18-12(20(28)29)2-1-4-23-18/h1-6,10,13-14,17H,7-9H2. The van der Waals surface area contributed by atoms with Gasteiger partial charge in [-0.3, -0.25) is 9.36 Å². The highest BCUT2D eigenvalue weighted by atomic mass is 35.5. The molecule has 0 aromatic carbocycles. The number of halogens is 1. The fourth-order valence-electron chi connectivity index (χ4n) is 4.39. The van der Waals surface area contributed by atoms with E-state index in [0.29, 0.717) is 39.6 Å². The van der Waals surface area contributed by atoms with Crippen LogP contribution >= 0.6 is 11.6 Å². The van der Waals surface area contributed by atoms with E-state index in [1.807, 2.05) is 6.07 Å². The Morgan fingerprint density at radius 2 is 2.00 bits per heavy atom. The molecule has 0 radical (unpaired) electrons. The highest BCUT2D eigenvalue weighted by molar-refractivity contribution is 6.30. The number of hydrogen-bond acceptors (Lipinski definition) is 8. The van der Waals surface area contributed by atoms with Crippen molar-refractivity contribution in [1.82, 2.24) is 29.7 Å². The Kier molecular flexibility index (Phi) is 3.85. The smallest absolute Gasteiger partial charge is 0.263 e. The number of aromatic nitrogens is 6. The third kappa shape index (κ3) is 2.85. The Bertz CT molecular complexity index is 1310. The molecule has 2 aliphatic rings. The summed E-state index contributed by atoms with van der Waals surface area (Å²) in [7, 11) is 0. The van der Waals surface area contributed by atoms with E-state index in [2.05, 4.69) is 30.0 Å². The van der Waals surface area contributed by atoms with Gasteiger partial charge in [0.1, 0.15) is 18.7 Å². The third-order valence-corrected chi connectivity index (χ3v) is 6.15. The van der Waals surface area contributed by atoms with Gasteiger partial charge >= 0.3 is 0 Å². The van der Waals surface area contributed by atoms with Gasteiger partial charge in [-0.05, 0) is 36.1 Å². The summed E-state index contributed by atoms with van der Waals surface area (Å²) < 4.78 is 6.88. The van der Waals surface area contributed by atoms with Crippen LogP contribution in [0.5, 0.6) is 0 Å². The lowest BCUT2D eigenvalue weighted by Gasteiger charge is -2.20. The van der Waals surface area contributed by atoms with Gasteiger partial charge in [-0.1, -0.05) is 16.8 Å². The molecule has 6 rings (SSSR count). The zero-order valence-electron chi connectivity index (χ0n) is 15.7. The highest BCUT2D eigenvalue weighted by Crippen LogP contribution is 2.57. The summed E-state index contributed by atoms with van der Waals surface area (Å²) in [5.41, 5.74) is 0.246. The van der Waals surface area contributed by atoms with Crippen molar-refractivity contribution in [3.63, 3.8) is 0 Å². The highest BCUT2D eigenvalue weighted by Gasteiger charge is 2.58. The predicted molar refractivity (Wildman–Crippen MR) is 108 cm³/mol. The van der Waals surface area contributed by atoms with Gasteiger partial charge in [-0.25, -0.2) is 15.0 Å². The Morgan fingerprint density at radius 3 is 2.83 bits per heavy atom. The molecule has 2 atom stereocenters. The molecule has 0 amide bonds. The first kappa shape index (κ1) is 17.5. The molecule has 1 saturated heterocycles. The summed E-state index contributed by atoms with van der Waals surface area (Å²) in [5, 5.41) is 5.32. The topological polar surface area (TPSA) is 103 Å². The summed E-state index contributed by atoms with van der Waals surface area (Å²) in [6.07, 6.45) is 4.80. The van der Waals surface area contributed by atoms with E-state index in [1.54, 1.807) is 30.6 Å². The summed E-state index contributed by atoms with van der Waals surface area (Å²) >= 11 is 6.08. The second kappa shape index (κ2) is 6.60. The molecule has 10 heteroatoms. The number of fused-ring (bicyclic) bond motifs is 2. The average molecular weight is 422 g/mol. The van der Waals surface area contributed by atoms with Crippen molar-refractivity contribution in [1.29, 1.82) is 0 Å². The van der Waals surface area contributed by atoms with E-state index in [-0.39, 0.29) is 18.0 Å². The van der Waals surface area contributed by atoms with Gasteiger partial charge in [0.2, 0.25) is 5.89 Å². The van der Waals surface area contributed by atoms with Crippen LogP contribution in [-0.4, -0.2) is 42.7 Å². The van der Waals surface area contributed by atoms with Crippen LogP contribution < -0.4 is 10.5 Å². The summed E-state index contributed by atoms with van der Waals surface area (Å²) in [6, 6.07) is 7.09. The van der Waals surface area contributed by atoms with Crippen LogP contribution in [0.2, 0.25) is 5.02 Å². The molecule has 30 heavy (non-hydrogen) atoms. The number of hydrogen-bond donors (Lipinski definition) is 0. The van der Waals surface area contributed by atoms with E-state index in [1.165, 1.54) is 10.9 Å². The van der Waals surface area contributed by atoms with Crippen LogP contribution in [0.3, 0.4) is 0 Å². The van der Waals surface area contributed by atoms with E-state index in [9.17, 15) is 4.79 Å². The van der Waals surface area contributed by atoms with E-state index in [0.717, 1.165) is 18.9 Å². The van der Waals surface area contributed by atoms with Gasteiger partial charge in [0, 0.05) is 36.4 Å². The number of nitrogens with zero attached hydrogens (tertiary/aromatic N) is 7. The molecule has 1 saturated carbocycles. The molecule has 2 unspecified atom stereocenters. The lowest BCUT2D eigenvalue weighted by atomic mass is 10.2. The summed E-state index contributed by atoms with van der Waals surface area (Å²) in [6.45, 7) is 1.98. The van der Waals surface area contributed by atoms with E-state index in [4.69, 9.17) is 16.1 Å². The van der Waals surface area contributed by atoms with Crippen LogP contribution in [0, 0.1) is 11.8 Å². The van der Waals surface area contributed by atoms with Crippen LogP contribution in [0.4, 0.5) is 5.82 Å². The van der Waals surface area contributed by atoms with Gasteiger partial charge < -0.3 is 9.42 Å². The van der Waals surface area contributed by atoms with Crippen molar-refractivity contribution in [2.75, 3.05) is 18.0 Å². The van der Waals surface area contributed by atoms with Crippen molar-refractivity contribution >= 4 is 28.5 Å². The lowest BCUT2D eigenvalue weighted by molar-refractivity contribution is 0.363. The van der Waals surface area contributed by atoms with Crippen LogP contribution in [0.25, 0.3) is 11.0 Å². The Labute approximate surface area is 175 Å². The maximum Gasteiger partial charge on any atom is 0.263 e. The second-order valence-corrected chi connectivity index (χ2v) is 8.13. The monoisotopic (exact) mass is 421 g/mol. The average Bonchev–Trinajstić information content (AvgIpc) is 3.10. The molecule has 9 nitrogen and oxygen atoms in total. The molecule has 0 bridgehead atoms. The zero-order valence-corrected chi connectivity index (χ0v) is 16.5. The third-order valence-electron chi connectivity index (χ3n) is 5.91. The Hall–Kier alpha value is -3.33. The number of rotatable bonds is 4. The molecular weight excluding hydrogens is 406 g/mol. The first-order valence-corrected chi connectivity index (χ1v) is 10.0.